The minimum atomic E-state index is -0.0359. The van der Waals surface area contributed by atoms with Crippen LogP contribution in [-0.4, -0.2) is 16.3 Å². The highest BCUT2D eigenvalue weighted by Crippen LogP contribution is 2.21. The van der Waals surface area contributed by atoms with E-state index in [1.54, 1.807) is 17.1 Å². The molecule has 0 radical (unpaired) electrons. The van der Waals surface area contributed by atoms with Gasteiger partial charge in [-0.1, -0.05) is 35.3 Å². The van der Waals surface area contributed by atoms with Crippen molar-refractivity contribution in [1.82, 2.24) is 9.78 Å². The van der Waals surface area contributed by atoms with Gasteiger partial charge >= 0.3 is 0 Å². The van der Waals surface area contributed by atoms with Gasteiger partial charge in [0.15, 0.2) is 0 Å². The summed E-state index contributed by atoms with van der Waals surface area (Å²) in [6, 6.07) is 7.54. The third-order valence-electron chi connectivity index (χ3n) is 2.35. The van der Waals surface area contributed by atoms with Crippen molar-refractivity contribution in [2.24, 2.45) is 5.73 Å². The van der Waals surface area contributed by atoms with E-state index in [2.05, 4.69) is 5.10 Å². The lowest BCUT2D eigenvalue weighted by Gasteiger charge is -2.15. The van der Waals surface area contributed by atoms with E-state index in [0.29, 0.717) is 16.6 Å². The van der Waals surface area contributed by atoms with Crippen molar-refractivity contribution in [1.29, 1.82) is 0 Å². The van der Waals surface area contributed by atoms with E-state index < -0.39 is 0 Å². The summed E-state index contributed by atoms with van der Waals surface area (Å²) >= 11 is 11.8. The van der Waals surface area contributed by atoms with E-state index >= 15 is 0 Å². The Hall–Kier alpha value is -1.03. The van der Waals surface area contributed by atoms with E-state index in [1.807, 2.05) is 24.3 Å². The van der Waals surface area contributed by atoms with Gasteiger partial charge in [-0.2, -0.15) is 5.10 Å². The largest absolute Gasteiger partial charge is 0.328 e. The molecule has 1 aromatic heterocycles. The first kappa shape index (κ1) is 11.5. The summed E-state index contributed by atoms with van der Waals surface area (Å²) < 4.78 is 1.74. The molecule has 1 unspecified atom stereocenters. The molecule has 3 nitrogen and oxygen atoms in total. The number of nitrogens with two attached hydrogens (primary N) is 1. The van der Waals surface area contributed by atoms with Gasteiger partial charge in [-0.15, -0.1) is 0 Å². The maximum absolute atomic E-state index is 5.94. The van der Waals surface area contributed by atoms with E-state index in [-0.39, 0.29) is 6.04 Å². The summed E-state index contributed by atoms with van der Waals surface area (Å²) in [6.07, 6.45) is 3.34. The van der Waals surface area contributed by atoms with Crippen LogP contribution < -0.4 is 5.73 Å². The Morgan fingerprint density at radius 3 is 2.69 bits per heavy atom. The van der Waals surface area contributed by atoms with Crippen LogP contribution in [0.1, 0.15) is 11.6 Å². The fraction of sp³-hybridized carbons (Fsp3) is 0.182. The Morgan fingerprint density at radius 2 is 2.12 bits per heavy atom. The fourth-order valence-electron chi connectivity index (χ4n) is 1.60. The summed E-state index contributed by atoms with van der Waals surface area (Å²) in [6.45, 7) is 0.443. The fourth-order valence-corrected chi connectivity index (χ4v) is 1.94. The van der Waals surface area contributed by atoms with Crippen LogP contribution >= 0.6 is 23.2 Å². The molecule has 16 heavy (non-hydrogen) atoms. The first-order valence-electron chi connectivity index (χ1n) is 4.86. The van der Waals surface area contributed by atoms with Crippen molar-refractivity contribution < 1.29 is 0 Å². The van der Waals surface area contributed by atoms with Crippen molar-refractivity contribution >= 4 is 23.2 Å². The van der Waals surface area contributed by atoms with Crippen molar-refractivity contribution in [3.05, 3.63) is 52.3 Å². The van der Waals surface area contributed by atoms with Crippen LogP contribution in [0.2, 0.25) is 10.0 Å². The molecule has 0 bridgehead atoms. The van der Waals surface area contributed by atoms with Gasteiger partial charge in [0.1, 0.15) is 0 Å². The van der Waals surface area contributed by atoms with Crippen LogP contribution in [0.4, 0.5) is 0 Å². The number of aromatic nitrogens is 2. The first-order chi connectivity index (χ1) is 7.70. The molecule has 1 atom stereocenters. The summed E-state index contributed by atoms with van der Waals surface area (Å²) in [5, 5.41) is 5.44. The van der Waals surface area contributed by atoms with Gasteiger partial charge in [0.25, 0.3) is 0 Å². The number of benzene rings is 1. The molecule has 0 fully saturated rings. The lowest BCUT2D eigenvalue weighted by atomic mass is 10.1. The molecule has 0 aliphatic heterocycles. The predicted molar refractivity (Wildman–Crippen MR) is 65.9 cm³/mol. The van der Waals surface area contributed by atoms with Gasteiger partial charge in [0.05, 0.1) is 17.3 Å². The van der Waals surface area contributed by atoms with Crippen LogP contribution in [0, 0.1) is 0 Å². The van der Waals surface area contributed by atoms with Gasteiger partial charge in [-0.3, -0.25) is 4.68 Å². The average molecular weight is 256 g/mol. The molecule has 2 rings (SSSR count). The molecule has 0 spiro atoms. The Labute approximate surface area is 104 Å². The second kappa shape index (κ2) is 4.87. The lowest BCUT2D eigenvalue weighted by molar-refractivity contribution is 0.532. The SMILES string of the molecule is NCC(c1cccc(Cl)c1)n1cc(Cl)cn1. The van der Waals surface area contributed by atoms with Crippen LogP contribution in [0.25, 0.3) is 0 Å². The molecule has 0 amide bonds. The molecule has 2 N–H and O–H groups in total. The number of nitrogens with zero attached hydrogens (tertiary/aromatic N) is 2. The van der Waals surface area contributed by atoms with Gasteiger partial charge in [0, 0.05) is 17.8 Å². The van der Waals surface area contributed by atoms with Crippen LogP contribution in [0.15, 0.2) is 36.7 Å². The number of rotatable bonds is 3. The van der Waals surface area contributed by atoms with Crippen molar-refractivity contribution in [2.45, 2.75) is 6.04 Å². The Kier molecular flexibility index (Phi) is 3.49. The van der Waals surface area contributed by atoms with Gasteiger partial charge < -0.3 is 5.73 Å². The summed E-state index contributed by atoms with van der Waals surface area (Å²) in [5.41, 5.74) is 6.77. The predicted octanol–water partition coefficient (Wildman–Crippen LogP) is 2.74. The molecule has 84 valence electrons. The summed E-state index contributed by atoms with van der Waals surface area (Å²) in [7, 11) is 0. The quantitative estimate of drug-likeness (QED) is 0.917. The minimum absolute atomic E-state index is 0.0359. The van der Waals surface area contributed by atoms with E-state index in [4.69, 9.17) is 28.9 Å². The average Bonchev–Trinajstić information content (AvgIpc) is 2.66. The highest BCUT2D eigenvalue weighted by Gasteiger charge is 2.13. The van der Waals surface area contributed by atoms with Crippen molar-refractivity contribution in [2.75, 3.05) is 6.54 Å². The minimum Gasteiger partial charge on any atom is -0.328 e. The highest BCUT2D eigenvalue weighted by molar-refractivity contribution is 6.30. The van der Waals surface area contributed by atoms with Gasteiger partial charge in [-0.25, -0.2) is 0 Å². The molecule has 5 heteroatoms. The van der Waals surface area contributed by atoms with E-state index in [9.17, 15) is 0 Å². The van der Waals surface area contributed by atoms with E-state index in [0.717, 1.165) is 5.56 Å². The highest BCUT2D eigenvalue weighted by atomic mass is 35.5. The van der Waals surface area contributed by atoms with Crippen LogP contribution in [0.3, 0.4) is 0 Å². The standard InChI is InChI=1S/C11H11Cl2N3/c12-9-3-1-2-8(4-9)11(5-14)16-7-10(13)6-15-16/h1-4,6-7,11H,5,14H2. The maximum Gasteiger partial charge on any atom is 0.0891 e. The normalized spacial score (nSPS) is 12.7. The lowest BCUT2D eigenvalue weighted by Crippen LogP contribution is -2.20. The zero-order valence-electron chi connectivity index (χ0n) is 8.48. The molecule has 2 aromatic rings. The number of hydrogen-bond donors (Lipinski definition) is 1. The Morgan fingerprint density at radius 1 is 1.31 bits per heavy atom. The summed E-state index contributed by atoms with van der Waals surface area (Å²) in [4.78, 5) is 0. The molecule has 1 heterocycles. The zero-order valence-corrected chi connectivity index (χ0v) is 9.99. The smallest absolute Gasteiger partial charge is 0.0891 e. The molecular formula is C11H11Cl2N3. The van der Waals surface area contributed by atoms with Crippen molar-refractivity contribution in [3.8, 4) is 0 Å². The monoisotopic (exact) mass is 255 g/mol. The number of hydrogen-bond acceptors (Lipinski definition) is 2. The third-order valence-corrected chi connectivity index (χ3v) is 2.78. The molecular weight excluding hydrogens is 245 g/mol. The second-order valence-corrected chi connectivity index (χ2v) is 4.32. The topological polar surface area (TPSA) is 43.8 Å². The van der Waals surface area contributed by atoms with Gasteiger partial charge in [-0.05, 0) is 17.7 Å². The Balaban J connectivity index is 2.36. The van der Waals surface area contributed by atoms with Crippen LogP contribution in [-0.2, 0) is 0 Å². The maximum atomic E-state index is 5.94. The van der Waals surface area contributed by atoms with Crippen LogP contribution in [0.5, 0.6) is 0 Å². The second-order valence-electron chi connectivity index (χ2n) is 3.45. The van der Waals surface area contributed by atoms with E-state index in [1.165, 1.54) is 0 Å². The molecule has 0 aliphatic rings. The zero-order chi connectivity index (χ0) is 11.5. The number of halogens is 2. The van der Waals surface area contributed by atoms with Crippen molar-refractivity contribution in [3.63, 3.8) is 0 Å². The molecule has 0 aliphatic carbocycles. The third kappa shape index (κ3) is 2.38. The summed E-state index contributed by atoms with van der Waals surface area (Å²) in [5.74, 6) is 0. The molecule has 0 saturated heterocycles. The molecule has 1 aromatic carbocycles. The first-order valence-corrected chi connectivity index (χ1v) is 5.61. The van der Waals surface area contributed by atoms with Gasteiger partial charge in [0.2, 0.25) is 0 Å². The Bertz CT molecular complexity index is 482. The molecule has 0 saturated carbocycles.